The van der Waals surface area contributed by atoms with E-state index >= 15 is 0 Å². The van der Waals surface area contributed by atoms with Crippen LogP contribution in [0.3, 0.4) is 0 Å². The number of hydrogen-bond acceptors (Lipinski definition) is 3. The lowest BCUT2D eigenvalue weighted by Crippen LogP contribution is -2.33. The van der Waals surface area contributed by atoms with Crippen LogP contribution in [-0.2, 0) is 0 Å². The second-order valence-corrected chi connectivity index (χ2v) is 3.89. The van der Waals surface area contributed by atoms with Crippen LogP contribution >= 0.6 is 0 Å². The molecule has 1 aromatic rings. The van der Waals surface area contributed by atoms with E-state index < -0.39 is 0 Å². The Kier molecular flexibility index (Phi) is 5.26. The Labute approximate surface area is 92.3 Å². The van der Waals surface area contributed by atoms with Crippen molar-refractivity contribution in [1.29, 1.82) is 0 Å². The quantitative estimate of drug-likeness (QED) is 0.778. The molecule has 0 fully saturated rings. The molecular weight excluding hydrogens is 186 g/mol. The van der Waals surface area contributed by atoms with Gasteiger partial charge in [-0.2, -0.15) is 0 Å². The summed E-state index contributed by atoms with van der Waals surface area (Å²) in [4.78, 5) is 8.50. The van der Waals surface area contributed by atoms with Crippen LogP contribution in [0.25, 0.3) is 0 Å². The van der Waals surface area contributed by atoms with Crippen molar-refractivity contribution in [3.63, 3.8) is 0 Å². The molecule has 0 bridgehead atoms. The van der Waals surface area contributed by atoms with Gasteiger partial charge in [0.2, 0.25) is 0 Å². The fourth-order valence-corrected chi connectivity index (χ4v) is 1.84. The monoisotopic (exact) mass is 207 g/mol. The summed E-state index contributed by atoms with van der Waals surface area (Å²) < 4.78 is 0. The van der Waals surface area contributed by atoms with Crippen LogP contribution in [0.15, 0.2) is 18.6 Å². The third-order valence-electron chi connectivity index (χ3n) is 2.72. The minimum Gasteiger partial charge on any atom is -0.314 e. The summed E-state index contributed by atoms with van der Waals surface area (Å²) in [5, 5.41) is 3.51. The van der Waals surface area contributed by atoms with Crippen molar-refractivity contribution in [2.45, 2.75) is 45.6 Å². The van der Waals surface area contributed by atoms with E-state index in [0.717, 1.165) is 18.7 Å². The third kappa shape index (κ3) is 3.59. The minimum atomic E-state index is 0.463. The van der Waals surface area contributed by atoms with Crippen molar-refractivity contribution < 1.29 is 0 Å². The molecule has 3 heteroatoms. The molecule has 1 rings (SSSR count). The zero-order valence-corrected chi connectivity index (χ0v) is 9.90. The van der Waals surface area contributed by atoms with Crippen molar-refractivity contribution in [3.8, 4) is 0 Å². The van der Waals surface area contributed by atoms with Crippen LogP contribution < -0.4 is 5.32 Å². The fourth-order valence-electron chi connectivity index (χ4n) is 1.84. The van der Waals surface area contributed by atoms with Gasteiger partial charge in [0.15, 0.2) is 0 Å². The highest BCUT2D eigenvalue weighted by Crippen LogP contribution is 2.20. The average molecular weight is 207 g/mol. The lowest BCUT2D eigenvalue weighted by Gasteiger charge is -2.22. The number of hydrogen-bond donors (Lipinski definition) is 1. The molecule has 2 unspecified atom stereocenters. The molecule has 0 aliphatic carbocycles. The summed E-state index contributed by atoms with van der Waals surface area (Å²) >= 11 is 0. The maximum atomic E-state index is 4.38. The molecule has 0 spiro atoms. The van der Waals surface area contributed by atoms with Crippen molar-refractivity contribution in [3.05, 3.63) is 24.3 Å². The first-order valence-corrected chi connectivity index (χ1v) is 5.78. The Hall–Kier alpha value is -0.960. The normalized spacial score (nSPS) is 14.9. The highest BCUT2D eigenvalue weighted by molar-refractivity contribution is 5.06. The molecule has 0 saturated carbocycles. The zero-order valence-electron chi connectivity index (χ0n) is 9.90. The van der Waals surface area contributed by atoms with Gasteiger partial charge in [-0.3, -0.25) is 9.97 Å². The number of nitrogens with one attached hydrogen (secondary N) is 1. The van der Waals surface area contributed by atoms with Crippen LogP contribution in [0.2, 0.25) is 0 Å². The SMILES string of the molecule is CCCNC(C)C(CC)c1cnccn1. The summed E-state index contributed by atoms with van der Waals surface area (Å²) in [6.45, 7) is 7.67. The van der Waals surface area contributed by atoms with Crippen LogP contribution in [0.4, 0.5) is 0 Å². The van der Waals surface area contributed by atoms with Crippen LogP contribution in [0.1, 0.15) is 45.2 Å². The third-order valence-corrected chi connectivity index (χ3v) is 2.72. The van der Waals surface area contributed by atoms with Gasteiger partial charge in [-0.1, -0.05) is 13.8 Å². The second-order valence-electron chi connectivity index (χ2n) is 3.89. The van der Waals surface area contributed by atoms with Crippen molar-refractivity contribution >= 4 is 0 Å². The molecule has 15 heavy (non-hydrogen) atoms. The van der Waals surface area contributed by atoms with Crippen LogP contribution in [0, 0.1) is 0 Å². The van der Waals surface area contributed by atoms with E-state index in [2.05, 4.69) is 36.1 Å². The Bertz CT molecular complexity index is 261. The standard InChI is InChI=1S/C12H21N3/c1-4-6-14-10(3)11(5-2)12-9-13-7-8-15-12/h7-11,14H,4-6H2,1-3H3. The first-order valence-electron chi connectivity index (χ1n) is 5.78. The number of aromatic nitrogens is 2. The first kappa shape index (κ1) is 12.1. The van der Waals surface area contributed by atoms with E-state index in [9.17, 15) is 0 Å². The highest BCUT2D eigenvalue weighted by atomic mass is 14.9. The molecule has 3 nitrogen and oxygen atoms in total. The summed E-state index contributed by atoms with van der Waals surface area (Å²) in [6, 6.07) is 0.464. The minimum absolute atomic E-state index is 0.463. The van der Waals surface area contributed by atoms with E-state index in [1.54, 1.807) is 12.4 Å². The lowest BCUT2D eigenvalue weighted by atomic mass is 9.95. The molecular formula is C12H21N3. The van der Waals surface area contributed by atoms with Crippen molar-refractivity contribution in [1.82, 2.24) is 15.3 Å². The van der Waals surface area contributed by atoms with Gasteiger partial charge in [-0.25, -0.2) is 0 Å². The Morgan fingerprint density at radius 2 is 2.13 bits per heavy atom. The number of rotatable bonds is 6. The molecule has 1 heterocycles. The summed E-state index contributed by atoms with van der Waals surface area (Å²) in [6.07, 6.45) is 7.63. The summed E-state index contributed by atoms with van der Waals surface area (Å²) in [5.74, 6) is 0.463. The Balaban J connectivity index is 2.63. The molecule has 1 N–H and O–H groups in total. The Morgan fingerprint density at radius 3 is 2.67 bits per heavy atom. The summed E-state index contributed by atoms with van der Waals surface area (Å²) in [5.41, 5.74) is 1.09. The molecule has 0 aliphatic heterocycles. The Morgan fingerprint density at radius 1 is 1.33 bits per heavy atom. The highest BCUT2D eigenvalue weighted by Gasteiger charge is 2.17. The van der Waals surface area contributed by atoms with E-state index in [1.165, 1.54) is 6.42 Å². The molecule has 0 amide bonds. The zero-order chi connectivity index (χ0) is 11.1. The van der Waals surface area contributed by atoms with Crippen LogP contribution in [-0.4, -0.2) is 22.6 Å². The predicted octanol–water partition coefficient (Wildman–Crippen LogP) is 2.36. The molecule has 2 atom stereocenters. The maximum Gasteiger partial charge on any atom is 0.0632 e. The smallest absolute Gasteiger partial charge is 0.0632 e. The number of nitrogens with zero attached hydrogens (tertiary/aromatic N) is 2. The van der Waals surface area contributed by atoms with Gasteiger partial charge in [0, 0.05) is 30.6 Å². The molecule has 84 valence electrons. The van der Waals surface area contributed by atoms with Gasteiger partial charge in [-0.05, 0) is 26.3 Å². The van der Waals surface area contributed by atoms with Crippen molar-refractivity contribution in [2.24, 2.45) is 0 Å². The molecule has 0 aliphatic rings. The largest absolute Gasteiger partial charge is 0.314 e. The first-order chi connectivity index (χ1) is 7.29. The molecule has 1 aromatic heterocycles. The van der Waals surface area contributed by atoms with Gasteiger partial charge < -0.3 is 5.32 Å². The molecule has 0 radical (unpaired) electrons. The van der Waals surface area contributed by atoms with Gasteiger partial charge in [0.05, 0.1) is 5.69 Å². The van der Waals surface area contributed by atoms with Crippen LogP contribution in [0.5, 0.6) is 0 Å². The predicted molar refractivity (Wildman–Crippen MR) is 62.8 cm³/mol. The van der Waals surface area contributed by atoms with Crippen molar-refractivity contribution in [2.75, 3.05) is 6.54 Å². The summed E-state index contributed by atoms with van der Waals surface area (Å²) in [7, 11) is 0. The van der Waals surface area contributed by atoms with Gasteiger partial charge >= 0.3 is 0 Å². The van der Waals surface area contributed by atoms with E-state index in [-0.39, 0.29) is 0 Å². The van der Waals surface area contributed by atoms with E-state index in [4.69, 9.17) is 0 Å². The van der Waals surface area contributed by atoms with E-state index in [1.807, 2.05) is 6.20 Å². The maximum absolute atomic E-state index is 4.38. The van der Waals surface area contributed by atoms with Gasteiger partial charge in [-0.15, -0.1) is 0 Å². The van der Waals surface area contributed by atoms with Gasteiger partial charge in [0.1, 0.15) is 0 Å². The molecule has 0 aromatic carbocycles. The second kappa shape index (κ2) is 6.51. The van der Waals surface area contributed by atoms with E-state index in [0.29, 0.717) is 12.0 Å². The van der Waals surface area contributed by atoms with Gasteiger partial charge in [0.25, 0.3) is 0 Å². The molecule has 0 saturated heterocycles. The lowest BCUT2D eigenvalue weighted by molar-refractivity contribution is 0.442. The topological polar surface area (TPSA) is 37.8 Å². The fraction of sp³-hybridized carbons (Fsp3) is 0.667. The average Bonchev–Trinajstić information content (AvgIpc) is 2.29.